The fourth-order valence-electron chi connectivity index (χ4n) is 2.80. The summed E-state index contributed by atoms with van der Waals surface area (Å²) in [6.07, 6.45) is 7.23. The van der Waals surface area contributed by atoms with Crippen LogP contribution in [0, 0.1) is 0 Å². The van der Waals surface area contributed by atoms with E-state index in [0.29, 0.717) is 0 Å². The summed E-state index contributed by atoms with van der Waals surface area (Å²) in [4.78, 5) is 8.75. The van der Waals surface area contributed by atoms with E-state index < -0.39 is 0 Å². The molecule has 20 heavy (non-hydrogen) atoms. The summed E-state index contributed by atoms with van der Waals surface area (Å²) in [5.74, 6) is 0. The zero-order chi connectivity index (χ0) is 14.0. The molecule has 2 N–H and O–H groups in total. The molecule has 1 fully saturated rings. The van der Waals surface area contributed by atoms with Gasteiger partial charge in [-0.2, -0.15) is 0 Å². The molecule has 2 unspecified atom stereocenters. The van der Waals surface area contributed by atoms with E-state index in [9.17, 15) is 5.11 Å². The molecule has 0 bridgehead atoms. The van der Waals surface area contributed by atoms with Gasteiger partial charge in [-0.15, -0.1) is 11.3 Å². The van der Waals surface area contributed by atoms with Crippen LogP contribution in [0.15, 0.2) is 29.9 Å². The third kappa shape index (κ3) is 2.99. The van der Waals surface area contributed by atoms with Gasteiger partial charge in [-0.25, -0.2) is 4.98 Å². The molecule has 1 saturated carbocycles. The molecule has 106 valence electrons. The molecule has 3 rings (SSSR count). The first-order valence-electron chi connectivity index (χ1n) is 6.97. The van der Waals surface area contributed by atoms with E-state index in [-0.39, 0.29) is 11.6 Å². The lowest BCUT2D eigenvalue weighted by atomic mass is 9.82. The van der Waals surface area contributed by atoms with Gasteiger partial charge in [0.15, 0.2) is 5.13 Å². The van der Waals surface area contributed by atoms with Crippen molar-refractivity contribution in [3.05, 3.63) is 29.9 Å². The van der Waals surface area contributed by atoms with Crippen LogP contribution in [0.1, 0.15) is 32.6 Å². The zero-order valence-corrected chi connectivity index (χ0v) is 12.4. The molecule has 1 aliphatic rings. The number of pyridine rings is 1. The van der Waals surface area contributed by atoms with Crippen LogP contribution in [0.2, 0.25) is 0 Å². The van der Waals surface area contributed by atoms with Crippen LogP contribution in [0.4, 0.5) is 5.13 Å². The van der Waals surface area contributed by atoms with Gasteiger partial charge < -0.3 is 10.4 Å². The minimum absolute atomic E-state index is 0.0538. The predicted molar refractivity (Wildman–Crippen MR) is 81.8 cm³/mol. The van der Waals surface area contributed by atoms with Crippen molar-refractivity contribution in [3.8, 4) is 11.3 Å². The molecule has 2 aromatic rings. The van der Waals surface area contributed by atoms with Crippen LogP contribution in [0.5, 0.6) is 0 Å². The summed E-state index contributed by atoms with van der Waals surface area (Å²) in [5, 5.41) is 16.3. The summed E-state index contributed by atoms with van der Waals surface area (Å²) < 4.78 is 0. The molecule has 2 aromatic heterocycles. The van der Waals surface area contributed by atoms with Crippen LogP contribution in [-0.4, -0.2) is 26.7 Å². The van der Waals surface area contributed by atoms with Gasteiger partial charge in [0.25, 0.3) is 0 Å². The second-order valence-electron chi connectivity index (χ2n) is 5.72. The van der Waals surface area contributed by atoms with Crippen molar-refractivity contribution in [3.63, 3.8) is 0 Å². The van der Waals surface area contributed by atoms with E-state index in [1.165, 1.54) is 0 Å². The van der Waals surface area contributed by atoms with Crippen LogP contribution >= 0.6 is 11.3 Å². The topological polar surface area (TPSA) is 58.0 Å². The number of aliphatic hydroxyl groups is 1. The normalized spacial score (nSPS) is 26.4. The van der Waals surface area contributed by atoms with E-state index in [4.69, 9.17) is 0 Å². The number of anilines is 1. The summed E-state index contributed by atoms with van der Waals surface area (Å²) >= 11 is 1.61. The smallest absolute Gasteiger partial charge is 0.183 e. The largest absolute Gasteiger partial charge is 0.393 e. The third-order valence-corrected chi connectivity index (χ3v) is 4.58. The number of thiazole rings is 1. The maximum absolute atomic E-state index is 9.84. The molecular formula is C15H19N3OS. The van der Waals surface area contributed by atoms with E-state index in [1.807, 2.05) is 23.7 Å². The first-order valence-corrected chi connectivity index (χ1v) is 7.85. The van der Waals surface area contributed by atoms with E-state index >= 15 is 0 Å². The number of aromatic nitrogens is 2. The second-order valence-corrected chi connectivity index (χ2v) is 6.57. The Hall–Kier alpha value is -1.46. The number of nitrogens with one attached hydrogen (secondary N) is 1. The Kier molecular flexibility index (Phi) is 3.72. The van der Waals surface area contributed by atoms with E-state index in [1.54, 1.807) is 17.5 Å². The molecule has 2 atom stereocenters. The van der Waals surface area contributed by atoms with E-state index in [2.05, 4.69) is 22.2 Å². The van der Waals surface area contributed by atoms with Crippen molar-refractivity contribution in [1.82, 2.24) is 9.97 Å². The Balaban J connectivity index is 1.74. The Morgan fingerprint density at radius 3 is 3.15 bits per heavy atom. The summed E-state index contributed by atoms with van der Waals surface area (Å²) in [6, 6.07) is 3.93. The first-order chi connectivity index (χ1) is 9.65. The van der Waals surface area contributed by atoms with Crippen molar-refractivity contribution in [2.24, 2.45) is 0 Å². The lowest BCUT2D eigenvalue weighted by molar-refractivity contribution is 0.100. The van der Waals surface area contributed by atoms with Gasteiger partial charge in [0.05, 0.1) is 11.8 Å². The summed E-state index contributed by atoms with van der Waals surface area (Å²) in [7, 11) is 0. The van der Waals surface area contributed by atoms with Gasteiger partial charge in [0, 0.05) is 28.9 Å². The highest BCUT2D eigenvalue weighted by atomic mass is 32.1. The number of aliphatic hydroxyl groups excluding tert-OH is 1. The molecule has 4 nitrogen and oxygen atoms in total. The molecule has 1 aliphatic carbocycles. The minimum Gasteiger partial charge on any atom is -0.393 e. The fourth-order valence-corrected chi connectivity index (χ4v) is 3.67. The highest BCUT2D eigenvalue weighted by Crippen LogP contribution is 2.33. The van der Waals surface area contributed by atoms with Crippen LogP contribution in [0.25, 0.3) is 11.3 Å². The monoisotopic (exact) mass is 289 g/mol. The summed E-state index contributed by atoms with van der Waals surface area (Å²) in [5.41, 5.74) is 1.93. The third-order valence-electron chi connectivity index (χ3n) is 3.82. The molecule has 0 radical (unpaired) electrons. The lowest BCUT2D eigenvalue weighted by Crippen LogP contribution is -2.41. The zero-order valence-electron chi connectivity index (χ0n) is 11.5. The highest BCUT2D eigenvalue weighted by Gasteiger charge is 2.31. The predicted octanol–water partition coefficient (Wildman–Crippen LogP) is 3.31. The average Bonchev–Trinajstić information content (AvgIpc) is 2.87. The summed E-state index contributed by atoms with van der Waals surface area (Å²) in [6.45, 7) is 2.17. The maximum Gasteiger partial charge on any atom is 0.183 e. The minimum atomic E-state index is -0.195. The number of nitrogens with zero attached hydrogens (tertiary/aromatic N) is 2. The second kappa shape index (κ2) is 5.50. The fraction of sp³-hybridized carbons (Fsp3) is 0.467. The number of hydrogen-bond acceptors (Lipinski definition) is 5. The highest BCUT2D eigenvalue weighted by molar-refractivity contribution is 7.14. The van der Waals surface area contributed by atoms with Gasteiger partial charge in [-0.3, -0.25) is 4.98 Å². The molecule has 0 aliphatic heterocycles. The van der Waals surface area contributed by atoms with Crippen LogP contribution < -0.4 is 5.32 Å². The van der Waals surface area contributed by atoms with Crippen molar-refractivity contribution in [1.29, 1.82) is 0 Å². The standard InChI is InChI=1S/C15H19N3OS/c1-15(6-2-5-12(19)8-15)18-14-17-13(10-20-14)11-4-3-7-16-9-11/h3-4,7,9-10,12,19H,2,5-6,8H2,1H3,(H,17,18). The molecular weight excluding hydrogens is 270 g/mol. The van der Waals surface area contributed by atoms with E-state index in [0.717, 1.165) is 42.1 Å². The van der Waals surface area contributed by atoms with Gasteiger partial charge in [-0.05, 0) is 44.7 Å². The first kappa shape index (κ1) is 13.5. The SMILES string of the molecule is CC1(Nc2nc(-c3cccnc3)cs2)CCCC(O)C1. The van der Waals surface area contributed by atoms with Gasteiger partial charge in [-0.1, -0.05) is 0 Å². The molecule has 5 heteroatoms. The quantitative estimate of drug-likeness (QED) is 0.910. The molecule has 0 spiro atoms. The molecule has 0 aromatic carbocycles. The van der Waals surface area contributed by atoms with Crippen LogP contribution in [-0.2, 0) is 0 Å². The van der Waals surface area contributed by atoms with Gasteiger partial charge in [0.1, 0.15) is 0 Å². The number of hydrogen-bond donors (Lipinski definition) is 2. The van der Waals surface area contributed by atoms with Crippen molar-refractivity contribution >= 4 is 16.5 Å². The lowest BCUT2D eigenvalue weighted by Gasteiger charge is -2.36. The molecule has 0 saturated heterocycles. The maximum atomic E-state index is 9.84. The molecule has 2 heterocycles. The van der Waals surface area contributed by atoms with Crippen LogP contribution in [0.3, 0.4) is 0 Å². The Morgan fingerprint density at radius 2 is 2.40 bits per heavy atom. The van der Waals surface area contributed by atoms with Gasteiger partial charge >= 0.3 is 0 Å². The van der Waals surface area contributed by atoms with Gasteiger partial charge in [0.2, 0.25) is 0 Å². The Morgan fingerprint density at radius 1 is 1.50 bits per heavy atom. The Bertz CT molecular complexity index is 572. The number of rotatable bonds is 3. The molecule has 0 amide bonds. The van der Waals surface area contributed by atoms with Crippen molar-refractivity contribution in [2.45, 2.75) is 44.2 Å². The van der Waals surface area contributed by atoms with Crippen molar-refractivity contribution in [2.75, 3.05) is 5.32 Å². The average molecular weight is 289 g/mol. The van der Waals surface area contributed by atoms with Crippen molar-refractivity contribution < 1.29 is 5.11 Å². The Labute approximate surface area is 122 Å².